The summed E-state index contributed by atoms with van der Waals surface area (Å²) in [5.74, 6) is 1.42. The summed E-state index contributed by atoms with van der Waals surface area (Å²) < 4.78 is 33.3. The topological polar surface area (TPSA) is 103 Å². The molecule has 2 aromatic rings. The van der Waals surface area contributed by atoms with Gasteiger partial charge < -0.3 is 9.47 Å². The van der Waals surface area contributed by atoms with Crippen LogP contribution in [0.3, 0.4) is 0 Å². The summed E-state index contributed by atoms with van der Waals surface area (Å²) in [6.07, 6.45) is 0.550. The lowest BCUT2D eigenvalue weighted by molar-refractivity contribution is 0.174. The van der Waals surface area contributed by atoms with Crippen LogP contribution >= 0.6 is 0 Å². The van der Waals surface area contributed by atoms with Crippen LogP contribution in [0.4, 0.5) is 0 Å². The molecule has 0 amide bonds. The molecule has 0 radical (unpaired) electrons. The van der Waals surface area contributed by atoms with E-state index in [4.69, 9.17) is 14.6 Å². The summed E-state index contributed by atoms with van der Waals surface area (Å²) >= 11 is 0. The minimum Gasteiger partial charge on any atom is -0.454 e. The molecular weight excluding hydrogens is 330 g/mol. The molecule has 24 heavy (non-hydrogen) atoms. The van der Waals surface area contributed by atoms with E-state index in [2.05, 4.69) is 10.2 Å². The second kappa shape index (κ2) is 5.43. The predicted molar refractivity (Wildman–Crippen MR) is 88.1 cm³/mol. The first-order valence-corrected chi connectivity index (χ1v) is 8.72. The van der Waals surface area contributed by atoms with Crippen molar-refractivity contribution in [3.8, 4) is 11.5 Å². The second-order valence-electron chi connectivity index (χ2n) is 5.41. The van der Waals surface area contributed by atoms with Crippen LogP contribution in [0.5, 0.6) is 11.5 Å². The summed E-state index contributed by atoms with van der Waals surface area (Å²) in [7, 11) is -3.70. The van der Waals surface area contributed by atoms with E-state index in [0.29, 0.717) is 12.2 Å². The maximum Gasteiger partial charge on any atom is 0.238 e. The van der Waals surface area contributed by atoms with Crippen LogP contribution in [0.25, 0.3) is 0 Å². The summed E-state index contributed by atoms with van der Waals surface area (Å²) in [6.45, 7) is 0.226. The first-order valence-electron chi connectivity index (χ1n) is 7.17. The molecule has 2 N–H and O–H groups in total. The summed E-state index contributed by atoms with van der Waals surface area (Å²) in [6, 6.07) is 11.9. The summed E-state index contributed by atoms with van der Waals surface area (Å²) in [4.78, 5) is 0.0711. The second-order valence-corrected chi connectivity index (χ2v) is 6.97. The van der Waals surface area contributed by atoms with Crippen molar-refractivity contribution in [1.82, 2.24) is 0 Å². The lowest BCUT2D eigenvalue weighted by atomic mass is 10.0. The van der Waals surface area contributed by atoms with Gasteiger partial charge in [-0.25, -0.2) is 13.6 Å². The van der Waals surface area contributed by atoms with Crippen molar-refractivity contribution >= 4 is 21.4 Å². The molecule has 0 aromatic heterocycles. The van der Waals surface area contributed by atoms with Crippen LogP contribution in [0.1, 0.15) is 17.5 Å². The van der Waals surface area contributed by atoms with Gasteiger partial charge in [0.2, 0.25) is 16.8 Å². The van der Waals surface area contributed by atoms with Crippen LogP contribution in [-0.2, 0) is 10.0 Å². The standard InChI is InChI=1S/C16H13N3O4S/c17-24(20,21)12-4-1-10(2-5-12)13-8-14(19-18-13)11-3-6-15-16(7-11)23-9-22-15/h1-7H,8-9H2,(H2,17,20,21). The number of ether oxygens (including phenoxy) is 2. The number of sulfonamides is 1. The smallest absolute Gasteiger partial charge is 0.238 e. The molecule has 0 spiro atoms. The average molecular weight is 343 g/mol. The van der Waals surface area contributed by atoms with E-state index in [0.717, 1.165) is 28.3 Å². The van der Waals surface area contributed by atoms with Gasteiger partial charge in [0.15, 0.2) is 11.5 Å². The molecule has 0 saturated heterocycles. The highest BCUT2D eigenvalue weighted by Crippen LogP contribution is 2.33. The van der Waals surface area contributed by atoms with Gasteiger partial charge in [-0.15, -0.1) is 0 Å². The molecule has 4 rings (SSSR count). The van der Waals surface area contributed by atoms with Crippen molar-refractivity contribution in [1.29, 1.82) is 0 Å². The molecule has 0 bridgehead atoms. The summed E-state index contributed by atoms with van der Waals surface area (Å²) in [5.41, 5.74) is 3.31. The number of hydrogen-bond acceptors (Lipinski definition) is 6. The first kappa shape index (κ1) is 14.9. The number of fused-ring (bicyclic) bond motifs is 1. The monoisotopic (exact) mass is 343 g/mol. The Bertz CT molecular complexity index is 979. The van der Waals surface area contributed by atoms with E-state index in [1.807, 2.05) is 18.2 Å². The molecule has 2 aromatic carbocycles. The van der Waals surface area contributed by atoms with Crippen LogP contribution < -0.4 is 14.6 Å². The Morgan fingerprint density at radius 3 is 2.21 bits per heavy atom. The molecule has 7 nitrogen and oxygen atoms in total. The van der Waals surface area contributed by atoms with Gasteiger partial charge in [0.05, 0.1) is 16.3 Å². The Balaban J connectivity index is 1.53. The molecule has 2 heterocycles. The highest BCUT2D eigenvalue weighted by Gasteiger charge is 2.20. The molecule has 122 valence electrons. The maximum absolute atomic E-state index is 11.3. The molecule has 0 atom stereocenters. The van der Waals surface area contributed by atoms with E-state index in [1.54, 1.807) is 12.1 Å². The lowest BCUT2D eigenvalue weighted by Gasteiger charge is -2.04. The number of primary sulfonamides is 1. The largest absolute Gasteiger partial charge is 0.454 e. The Labute approximate surface area is 138 Å². The summed E-state index contributed by atoms with van der Waals surface area (Å²) in [5, 5.41) is 13.5. The third-order valence-corrected chi connectivity index (χ3v) is 4.78. The number of nitrogens with two attached hydrogens (primary N) is 1. The highest BCUT2D eigenvalue weighted by atomic mass is 32.2. The maximum atomic E-state index is 11.3. The van der Waals surface area contributed by atoms with E-state index < -0.39 is 10.0 Å². The molecule has 0 saturated carbocycles. The van der Waals surface area contributed by atoms with E-state index in [1.165, 1.54) is 12.1 Å². The Kier molecular flexibility index (Phi) is 3.36. The molecule has 2 aliphatic heterocycles. The van der Waals surface area contributed by atoms with Crippen molar-refractivity contribution < 1.29 is 17.9 Å². The first-order chi connectivity index (χ1) is 11.5. The van der Waals surface area contributed by atoms with Gasteiger partial charge in [-0.2, -0.15) is 10.2 Å². The van der Waals surface area contributed by atoms with Crippen molar-refractivity contribution in [3.05, 3.63) is 53.6 Å². The van der Waals surface area contributed by atoms with E-state index >= 15 is 0 Å². The molecule has 0 fully saturated rings. The Morgan fingerprint density at radius 1 is 0.875 bits per heavy atom. The van der Waals surface area contributed by atoms with Gasteiger partial charge in [-0.05, 0) is 35.9 Å². The fraction of sp³-hybridized carbons (Fsp3) is 0.125. The third-order valence-electron chi connectivity index (χ3n) is 3.85. The van der Waals surface area contributed by atoms with Gasteiger partial charge in [0, 0.05) is 12.0 Å². The van der Waals surface area contributed by atoms with Gasteiger partial charge in [-0.1, -0.05) is 12.1 Å². The van der Waals surface area contributed by atoms with Gasteiger partial charge in [0.25, 0.3) is 0 Å². The van der Waals surface area contributed by atoms with Crippen molar-refractivity contribution in [2.45, 2.75) is 11.3 Å². The quantitative estimate of drug-likeness (QED) is 0.915. The average Bonchev–Trinajstić information content (AvgIpc) is 3.22. The zero-order valence-corrected chi connectivity index (χ0v) is 13.3. The van der Waals surface area contributed by atoms with E-state index in [-0.39, 0.29) is 11.7 Å². The number of benzene rings is 2. The molecule has 0 unspecified atom stereocenters. The minimum atomic E-state index is -3.70. The van der Waals surface area contributed by atoms with Gasteiger partial charge in [-0.3, -0.25) is 0 Å². The molecule has 2 aliphatic rings. The highest BCUT2D eigenvalue weighted by molar-refractivity contribution is 7.89. The lowest BCUT2D eigenvalue weighted by Crippen LogP contribution is -2.12. The number of hydrogen-bond donors (Lipinski definition) is 1. The van der Waals surface area contributed by atoms with Crippen molar-refractivity contribution in [2.75, 3.05) is 6.79 Å². The fourth-order valence-electron chi connectivity index (χ4n) is 2.58. The molecule has 0 aliphatic carbocycles. The number of nitrogens with zero attached hydrogens (tertiary/aromatic N) is 2. The van der Waals surface area contributed by atoms with Crippen LogP contribution in [0.2, 0.25) is 0 Å². The molecule has 8 heteroatoms. The zero-order chi connectivity index (χ0) is 16.7. The zero-order valence-electron chi connectivity index (χ0n) is 12.5. The van der Waals surface area contributed by atoms with Gasteiger partial charge >= 0.3 is 0 Å². The van der Waals surface area contributed by atoms with E-state index in [9.17, 15) is 8.42 Å². The van der Waals surface area contributed by atoms with Crippen LogP contribution in [0, 0.1) is 0 Å². The number of rotatable bonds is 3. The van der Waals surface area contributed by atoms with Gasteiger partial charge in [0.1, 0.15) is 0 Å². The minimum absolute atomic E-state index is 0.0711. The normalized spacial score (nSPS) is 16.0. The van der Waals surface area contributed by atoms with Crippen LogP contribution in [-0.4, -0.2) is 26.6 Å². The Morgan fingerprint density at radius 2 is 1.50 bits per heavy atom. The van der Waals surface area contributed by atoms with Crippen molar-refractivity contribution in [2.24, 2.45) is 15.3 Å². The van der Waals surface area contributed by atoms with Crippen molar-refractivity contribution in [3.63, 3.8) is 0 Å². The third kappa shape index (κ3) is 2.66. The fourth-order valence-corrected chi connectivity index (χ4v) is 3.10. The molecular formula is C16H13N3O4S. The SMILES string of the molecule is NS(=O)(=O)c1ccc(C2=NN=C(c3ccc4c(c3)OCO4)C2)cc1. The Hall–Kier alpha value is -2.71. The predicted octanol–water partition coefficient (Wildman–Crippen LogP) is 1.66. The van der Waals surface area contributed by atoms with Crippen LogP contribution in [0.15, 0.2) is 57.6 Å².